The Labute approximate surface area is 187 Å². The molecule has 32 heavy (non-hydrogen) atoms. The highest BCUT2D eigenvalue weighted by atomic mass is 16.2. The Kier molecular flexibility index (Phi) is 7.59. The smallest absolute Gasteiger partial charge is 0.255 e. The third kappa shape index (κ3) is 6.18. The van der Waals surface area contributed by atoms with Gasteiger partial charge in [0.1, 0.15) is 0 Å². The molecule has 0 heterocycles. The van der Waals surface area contributed by atoms with Crippen molar-refractivity contribution in [2.75, 3.05) is 27.8 Å². The predicted octanol–water partition coefficient (Wildman–Crippen LogP) is 4.65. The lowest BCUT2D eigenvalue weighted by Crippen LogP contribution is -2.22. The number of nitrogens with one attached hydrogen (secondary N) is 4. The van der Waals surface area contributed by atoms with Crippen LogP contribution in [0, 0.1) is 6.92 Å². The van der Waals surface area contributed by atoms with Crippen molar-refractivity contribution in [2.24, 2.45) is 0 Å². The van der Waals surface area contributed by atoms with E-state index in [1.807, 2.05) is 31.2 Å². The van der Waals surface area contributed by atoms with Gasteiger partial charge >= 0.3 is 0 Å². The Bertz CT molecular complexity index is 1110. The van der Waals surface area contributed by atoms with Gasteiger partial charge in [-0.25, -0.2) is 0 Å². The van der Waals surface area contributed by atoms with Crippen LogP contribution in [0.5, 0.6) is 0 Å². The van der Waals surface area contributed by atoms with Gasteiger partial charge in [0.05, 0.1) is 6.54 Å². The first-order valence-corrected chi connectivity index (χ1v) is 10.4. The SMILES string of the molecule is CCC(=O)Nc1cccc(NCC(=O)Nc2cccc(NC(=O)c3ccccc3)c2)c1C. The molecule has 0 bridgehead atoms. The molecule has 0 spiro atoms. The Morgan fingerprint density at radius 2 is 1.38 bits per heavy atom. The van der Waals surface area contributed by atoms with Crippen LogP contribution >= 0.6 is 0 Å². The van der Waals surface area contributed by atoms with Crippen LogP contribution in [0.1, 0.15) is 29.3 Å². The number of carbonyl (C=O) groups is 3. The average Bonchev–Trinajstić information content (AvgIpc) is 2.80. The monoisotopic (exact) mass is 430 g/mol. The minimum atomic E-state index is -0.237. The van der Waals surface area contributed by atoms with Gasteiger partial charge in [0.15, 0.2) is 0 Å². The van der Waals surface area contributed by atoms with Crippen LogP contribution in [0.4, 0.5) is 22.7 Å². The topological polar surface area (TPSA) is 99.3 Å². The molecule has 0 saturated heterocycles. The Morgan fingerprint density at radius 1 is 0.719 bits per heavy atom. The predicted molar refractivity (Wildman–Crippen MR) is 128 cm³/mol. The molecule has 0 radical (unpaired) electrons. The van der Waals surface area contributed by atoms with E-state index in [1.54, 1.807) is 55.5 Å². The normalized spacial score (nSPS) is 10.2. The summed E-state index contributed by atoms with van der Waals surface area (Å²) in [6.07, 6.45) is 0.393. The maximum Gasteiger partial charge on any atom is 0.255 e. The third-order valence-corrected chi connectivity index (χ3v) is 4.81. The molecule has 4 N–H and O–H groups in total. The fourth-order valence-corrected chi connectivity index (χ4v) is 3.05. The summed E-state index contributed by atoms with van der Waals surface area (Å²) in [5, 5.41) is 11.6. The fourth-order valence-electron chi connectivity index (χ4n) is 3.05. The quantitative estimate of drug-likeness (QED) is 0.418. The first kappa shape index (κ1) is 22.6. The number of hydrogen-bond donors (Lipinski definition) is 4. The highest BCUT2D eigenvalue weighted by Crippen LogP contribution is 2.23. The summed E-state index contributed by atoms with van der Waals surface area (Å²) in [5.41, 5.74) is 4.04. The van der Waals surface area contributed by atoms with Gasteiger partial charge in [-0.05, 0) is 55.0 Å². The van der Waals surface area contributed by atoms with E-state index >= 15 is 0 Å². The largest absolute Gasteiger partial charge is 0.376 e. The molecule has 164 valence electrons. The van der Waals surface area contributed by atoms with E-state index < -0.39 is 0 Å². The number of rotatable bonds is 8. The summed E-state index contributed by atoms with van der Waals surface area (Å²) in [5.74, 6) is -0.526. The molecule has 0 aliphatic rings. The molecular weight excluding hydrogens is 404 g/mol. The molecule has 0 unspecified atom stereocenters. The van der Waals surface area contributed by atoms with Crippen molar-refractivity contribution in [3.8, 4) is 0 Å². The van der Waals surface area contributed by atoms with Crippen LogP contribution in [0.2, 0.25) is 0 Å². The highest BCUT2D eigenvalue weighted by molar-refractivity contribution is 6.04. The second-order valence-corrected chi connectivity index (χ2v) is 7.18. The lowest BCUT2D eigenvalue weighted by atomic mass is 10.1. The molecule has 0 atom stereocenters. The van der Waals surface area contributed by atoms with Gasteiger partial charge in [0.2, 0.25) is 11.8 Å². The van der Waals surface area contributed by atoms with E-state index in [1.165, 1.54) is 0 Å². The second-order valence-electron chi connectivity index (χ2n) is 7.18. The van der Waals surface area contributed by atoms with Crippen LogP contribution in [-0.2, 0) is 9.59 Å². The third-order valence-electron chi connectivity index (χ3n) is 4.81. The maximum absolute atomic E-state index is 12.4. The van der Waals surface area contributed by atoms with Crippen molar-refractivity contribution < 1.29 is 14.4 Å². The highest BCUT2D eigenvalue weighted by Gasteiger charge is 2.09. The van der Waals surface area contributed by atoms with Crippen molar-refractivity contribution in [1.82, 2.24) is 0 Å². The zero-order valence-corrected chi connectivity index (χ0v) is 18.1. The van der Waals surface area contributed by atoms with E-state index in [-0.39, 0.29) is 24.3 Å². The molecule has 0 aliphatic carbocycles. The lowest BCUT2D eigenvalue weighted by molar-refractivity contribution is -0.116. The fraction of sp³-hybridized carbons (Fsp3) is 0.160. The summed E-state index contributed by atoms with van der Waals surface area (Å²) in [6, 6.07) is 21.4. The minimum absolute atomic E-state index is 0.0482. The van der Waals surface area contributed by atoms with E-state index in [0.29, 0.717) is 29.0 Å². The van der Waals surface area contributed by atoms with Crippen LogP contribution < -0.4 is 21.3 Å². The Balaban J connectivity index is 1.58. The van der Waals surface area contributed by atoms with Crippen LogP contribution in [-0.4, -0.2) is 24.3 Å². The zero-order chi connectivity index (χ0) is 22.9. The molecule has 0 aliphatic heterocycles. The second kappa shape index (κ2) is 10.8. The molecule has 0 fully saturated rings. The van der Waals surface area contributed by atoms with Gasteiger partial charge in [-0.3, -0.25) is 14.4 Å². The van der Waals surface area contributed by atoms with E-state index in [4.69, 9.17) is 0 Å². The first-order valence-electron chi connectivity index (χ1n) is 10.4. The average molecular weight is 431 g/mol. The van der Waals surface area contributed by atoms with E-state index in [9.17, 15) is 14.4 Å². The lowest BCUT2D eigenvalue weighted by Gasteiger charge is -2.14. The summed E-state index contributed by atoms with van der Waals surface area (Å²) in [7, 11) is 0. The molecule has 3 aromatic rings. The summed E-state index contributed by atoms with van der Waals surface area (Å²) in [6.45, 7) is 3.72. The molecule has 7 nitrogen and oxygen atoms in total. The number of benzene rings is 3. The Hall–Kier alpha value is -4.13. The van der Waals surface area contributed by atoms with Crippen molar-refractivity contribution in [3.05, 3.63) is 83.9 Å². The van der Waals surface area contributed by atoms with Gasteiger partial charge in [-0.1, -0.05) is 37.3 Å². The number of anilines is 4. The van der Waals surface area contributed by atoms with E-state index in [2.05, 4.69) is 21.3 Å². The number of hydrogen-bond acceptors (Lipinski definition) is 4. The molecular formula is C25H26N4O3. The van der Waals surface area contributed by atoms with Gasteiger partial charge in [-0.15, -0.1) is 0 Å². The van der Waals surface area contributed by atoms with Crippen molar-refractivity contribution in [3.63, 3.8) is 0 Å². The van der Waals surface area contributed by atoms with Crippen LogP contribution in [0.25, 0.3) is 0 Å². The van der Waals surface area contributed by atoms with Crippen molar-refractivity contribution >= 4 is 40.5 Å². The molecule has 3 rings (SSSR count). The Morgan fingerprint density at radius 3 is 2.09 bits per heavy atom. The summed E-state index contributed by atoms with van der Waals surface area (Å²) < 4.78 is 0. The summed E-state index contributed by atoms with van der Waals surface area (Å²) in [4.78, 5) is 36.4. The molecule has 7 heteroatoms. The molecule has 0 saturated carbocycles. The number of carbonyl (C=O) groups excluding carboxylic acids is 3. The first-order chi connectivity index (χ1) is 15.5. The van der Waals surface area contributed by atoms with Gasteiger partial charge in [0, 0.05) is 34.7 Å². The van der Waals surface area contributed by atoms with Gasteiger partial charge < -0.3 is 21.3 Å². The maximum atomic E-state index is 12.4. The standard InChI is InChI=1S/C25H26N4O3/c1-3-23(30)29-22-14-8-13-21(17(22)2)26-16-24(31)27-19-11-7-12-20(15-19)28-25(32)18-9-5-4-6-10-18/h4-15,26H,3,16H2,1-2H3,(H,27,31)(H,28,32)(H,29,30). The molecule has 3 amide bonds. The van der Waals surface area contributed by atoms with Crippen molar-refractivity contribution in [1.29, 1.82) is 0 Å². The molecule has 0 aromatic heterocycles. The zero-order valence-electron chi connectivity index (χ0n) is 18.1. The minimum Gasteiger partial charge on any atom is -0.376 e. The van der Waals surface area contributed by atoms with Crippen LogP contribution in [0.15, 0.2) is 72.8 Å². The van der Waals surface area contributed by atoms with Crippen LogP contribution in [0.3, 0.4) is 0 Å². The summed E-state index contributed by atoms with van der Waals surface area (Å²) >= 11 is 0. The van der Waals surface area contributed by atoms with Gasteiger partial charge in [0.25, 0.3) is 5.91 Å². The molecule has 3 aromatic carbocycles. The van der Waals surface area contributed by atoms with Crippen molar-refractivity contribution in [2.45, 2.75) is 20.3 Å². The van der Waals surface area contributed by atoms with Gasteiger partial charge in [-0.2, -0.15) is 0 Å². The number of amides is 3. The van der Waals surface area contributed by atoms with E-state index in [0.717, 1.165) is 11.3 Å².